The number of alkyl halides is 4. The monoisotopic (exact) mass is 265 g/mol. The summed E-state index contributed by atoms with van der Waals surface area (Å²) in [7, 11) is 0. The molecule has 0 aliphatic carbocycles. The Morgan fingerprint density at radius 3 is 2.39 bits per heavy atom. The van der Waals surface area contributed by atoms with E-state index in [1.165, 1.54) is 0 Å². The average Bonchev–Trinajstić information content (AvgIpc) is 2.25. The molecule has 0 fully saturated rings. The normalized spacial score (nSPS) is 12.3. The summed E-state index contributed by atoms with van der Waals surface area (Å²) in [5.41, 5.74) is 1.27. The molecule has 0 saturated heterocycles. The van der Waals surface area contributed by atoms with Crippen molar-refractivity contribution in [3.05, 3.63) is 17.5 Å². The van der Waals surface area contributed by atoms with E-state index in [1.54, 1.807) is 13.0 Å². The van der Waals surface area contributed by atoms with Crippen LogP contribution in [0.5, 0.6) is 0 Å². The van der Waals surface area contributed by atoms with Crippen LogP contribution in [0.25, 0.3) is 0 Å². The fourth-order valence-electron chi connectivity index (χ4n) is 1.24. The minimum absolute atomic E-state index is 0.0565. The Kier molecular flexibility index (Phi) is 4.48. The summed E-state index contributed by atoms with van der Waals surface area (Å²) in [6, 6.07) is 1.72. The van der Waals surface area contributed by atoms with Crippen LogP contribution in [0, 0.1) is 6.92 Å². The molecule has 0 bridgehead atoms. The Balaban J connectivity index is 2.79. The smallest absolute Gasteiger partial charge is 0.324 e. The minimum atomic E-state index is -4.09. The van der Waals surface area contributed by atoms with E-state index in [2.05, 4.69) is 15.3 Å². The molecule has 1 aromatic heterocycles. The van der Waals surface area contributed by atoms with Gasteiger partial charge in [0.1, 0.15) is 0 Å². The van der Waals surface area contributed by atoms with Gasteiger partial charge in [-0.1, -0.05) is 13.8 Å². The molecule has 1 N–H and O–H groups in total. The second kappa shape index (κ2) is 5.49. The van der Waals surface area contributed by atoms with Crippen molar-refractivity contribution in [3.63, 3.8) is 0 Å². The summed E-state index contributed by atoms with van der Waals surface area (Å²) in [5, 5.41) is 2.15. The highest BCUT2D eigenvalue weighted by Gasteiger charge is 2.40. The molecule has 0 aliphatic rings. The van der Waals surface area contributed by atoms with Crippen LogP contribution in [0.15, 0.2) is 6.07 Å². The summed E-state index contributed by atoms with van der Waals surface area (Å²) in [4.78, 5) is 7.87. The van der Waals surface area contributed by atoms with Crippen molar-refractivity contribution < 1.29 is 17.6 Å². The van der Waals surface area contributed by atoms with Crippen molar-refractivity contribution in [3.8, 4) is 0 Å². The molecule has 0 unspecified atom stereocenters. The number of aryl methyl sites for hydroxylation is 1. The molecule has 0 atom stereocenters. The molecule has 0 spiro atoms. The molecule has 0 radical (unpaired) electrons. The third kappa shape index (κ3) is 3.82. The van der Waals surface area contributed by atoms with Crippen molar-refractivity contribution >= 4 is 5.95 Å². The number of nitrogens with zero attached hydrogens (tertiary/aromatic N) is 2. The Labute approximate surface area is 103 Å². The molecule has 7 heteroatoms. The lowest BCUT2D eigenvalue weighted by atomic mass is 10.1. The van der Waals surface area contributed by atoms with E-state index >= 15 is 0 Å². The van der Waals surface area contributed by atoms with E-state index in [9.17, 15) is 17.6 Å². The molecule has 1 rings (SSSR count). The quantitative estimate of drug-likeness (QED) is 0.831. The Morgan fingerprint density at radius 1 is 1.28 bits per heavy atom. The SMILES string of the molecule is Cc1cc(C(C)C)nc(NCC(F)(F)C(F)F)n1. The van der Waals surface area contributed by atoms with Gasteiger partial charge < -0.3 is 5.32 Å². The first-order valence-electron chi connectivity index (χ1n) is 5.48. The van der Waals surface area contributed by atoms with Gasteiger partial charge in [0.15, 0.2) is 0 Å². The zero-order chi connectivity index (χ0) is 13.9. The van der Waals surface area contributed by atoms with E-state index in [4.69, 9.17) is 0 Å². The minimum Gasteiger partial charge on any atom is -0.348 e. The first-order chi connectivity index (χ1) is 8.22. The number of hydrogen-bond donors (Lipinski definition) is 1. The molecule has 102 valence electrons. The molecule has 0 aliphatic heterocycles. The maximum atomic E-state index is 12.7. The molecule has 18 heavy (non-hydrogen) atoms. The van der Waals surface area contributed by atoms with Crippen molar-refractivity contribution in [2.75, 3.05) is 11.9 Å². The maximum Gasteiger partial charge on any atom is 0.324 e. The van der Waals surface area contributed by atoms with Crippen LogP contribution in [-0.4, -0.2) is 28.9 Å². The molecule has 0 saturated carbocycles. The van der Waals surface area contributed by atoms with E-state index in [0.29, 0.717) is 11.4 Å². The number of rotatable bonds is 5. The van der Waals surface area contributed by atoms with Crippen LogP contribution >= 0.6 is 0 Å². The number of anilines is 1. The van der Waals surface area contributed by atoms with Crippen LogP contribution in [0.3, 0.4) is 0 Å². The molecule has 0 aromatic carbocycles. The largest absolute Gasteiger partial charge is 0.348 e. The van der Waals surface area contributed by atoms with Gasteiger partial charge in [-0.2, -0.15) is 8.78 Å². The lowest BCUT2D eigenvalue weighted by molar-refractivity contribution is -0.117. The summed E-state index contributed by atoms with van der Waals surface area (Å²) in [6.07, 6.45) is -3.71. The number of halogens is 4. The third-order valence-electron chi connectivity index (χ3n) is 2.27. The van der Waals surface area contributed by atoms with Crippen LogP contribution in [0.4, 0.5) is 23.5 Å². The highest BCUT2D eigenvalue weighted by molar-refractivity contribution is 5.29. The predicted octanol–water partition coefficient (Wildman–Crippen LogP) is 3.22. The van der Waals surface area contributed by atoms with Crippen molar-refractivity contribution in [2.45, 2.75) is 39.0 Å². The predicted molar refractivity (Wildman–Crippen MR) is 60.3 cm³/mol. The second-order valence-corrected chi connectivity index (χ2v) is 4.33. The average molecular weight is 265 g/mol. The number of nitrogens with one attached hydrogen (secondary N) is 1. The maximum absolute atomic E-state index is 12.7. The summed E-state index contributed by atoms with van der Waals surface area (Å²) < 4.78 is 49.4. The lowest BCUT2D eigenvalue weighted by Gasteiger charge is -2.16. The van der Waals surface area contributed by atoms with Crippen LogP contribution in [0.1, 0.15) is 31.2 Å². The van der Waals surface area contributed by atoms with E-state index < -0.39 is 18.9 Å². The first-order valence-corrected chi connectivity index (χ1v) is 5.48. The van der Waals surface area contributed by atoms with E-state index in [-0.39, 0.29) is 11.9 Å². The van der Waals surface area contributed by atoms with Gasteiger partial charge in [-0.05, 0) is 18.9 Å². The number of hydrogen-bond acceptors (Lipinski definition) is 3. The van der Waals surface area contributed by atoms with Crippen LogP contribution in [0.2, 0.25) is 0 Å². The van der Waals surface area contributed by atoms with Gasteiger partial charge >= 0.3 is 12.3 Å². The van der Waals surface area contributed by atoms with Crippen molar-refractivity contribution in [2.24, 2.45) is 0 Å². The highest BCUT2D eigenvalue weighted by atomic mass is 19.3. The molecular weight excluding hydrogens is 250 g/mol. The summed E-state index contributed by atoms with van der Waals surface area (Å²) in [5.74, 6) is -4.05. The molecule has 0 amide bonds. The fourth-order valence-corrected chi connectivity index (χ4v) is 1.24. The highest BCUT2D eigenvalue weighted by Crippen LogP contribution is 2.23. The van der Waals surface area contributed by atoms with Gasteiger partial charge in [-0.3, -0.25) is 0 Å². The Hall–Kier alpha value is -1.40. The van der Waals surface area contributed by atoms with Crippen molar-refractivity contribution in [1.29, 1.82) is 0 Å². The van der Waals surface area contributed by atoms with Gasteiger partial charge in [-0.25, -0.2) is 18.7 Å². The zero-order valence-electron chi connectivity index (χ0n) is 10.3. The molecule has 3 nitrogen and oxygen atoms in total. The Morgan fingerprint density at radius 2 is 1.89 bits per heavy atom. The van der Waals surface area contributed by atoms with E-state index in [0.717, 1.165) is 0 Å². The van der Waals surface area contributed by atoms with Crippen LogP contribution < -0.4 is 5.32 Å². The summed E-state index contributed by atoms with van der Waals surface area (Å²) in [6.45, 7) is 4.27. The van der Waals surface area contributed by atoms with Gasteiger partial charge in [0.25, 0.3) is 0 Å². The van der Waals surface area contributed by atoms with Gasteiger partial charge in [0, 0.05) is 11.4 Å². The van der Waals surface area contributed by atoms with Gasteiger partial charge in [0.05, 0.1) is 6.54 Å². The molecule has 1 aromatic rings. The van der Waals surface area contributed by atoms with Gasteiger partial charge in [0.2, 0.25) is 5.95 Å². The van der Waals surface area contributed by atoms with Gasteiger partial charge in [-0.15, -0.1) is 0 Å². The molecular formula is C11H15F4N3. The second-order valence-electron chi connectivity index (χ2n) is 4.33. The van der Waals surface area contributed by atoms with Crippen molar-refractivity contribution in [1.82, 2.24) is 9.97 Å². The topological polar surface area (TPSA) is 37.8 Å². The summed E-state index contributed by atoms with van der Waals surface area (Å²) >= 11 is 0. The van der Waals surface area contributed by atoms with Crippen LogP contribution in [-0.2, 0) is 0 Å². The zero-order valence-corrected chi connectivity index (χ0v) is 10.3. The Bertz CT molecular complexity index is 407. The fraction of sp³-hybridized carbons (Fsp3) is 0.636. The lowest BCUT2D eigenvalue weighted by Crippen LogP contribution is -2.35. The van der Waals surface area contributed by atoms with E-state index in [1.807, 2.05) is 13.8 Å². The standard InChI is InChI=1S/C11H15F4N3/c1-6(2)8-4-7(3)17-10(18-8)16-5-11(14,15)9(12)13/h4,6,9H,5H2,1-3H3,(H,16,17,18). The third-order valence-corrected chi connectivity index (χ3v) is 2.27. The number of aromatic nitrogens is 2. The molecule has 1 heterocycles. The first kappa shape index (κ1) is 14.7.